The molecule has 7 rings (SSSR count). The van der Waals surface area contributed by atoms with E-state index in [-0.39, 0.29) is 0 Å². The number of allylic oxidation sites excluding steroid dienone is 1. The summed E-state index contributed by atoms with van der Waals surface area (Å²) in [6.45, 7) is 2.05. The van der Waals surface area contributed by atoms with Crippen LogP contribution in [0.3, 0.4) is 0 Å². The van der Waals surface area contributed by atoms with Crippen molar-refractivity contribution in [3.63, 3.8) is 0 Å². The summed E-state index contributed by atoms with van der Waals surface area (Å²) in [6.07, 6.45) is 4.21. The highest BCUT2D eigenvalue weighted by atomic mass is 15.0. The van der Waals surface area contributed by atoms with E-state index in [1.807, 2.05) is 0 Å². The molecule has 166 valence electrons. The number of rotatable bonds is 3. The van der Waals surface area contributed by atoms with Crippen LogP contribution >= 0.6 is 0 Å². The molecule has 0 amide bonds. The number of hydrogen-bond acceptors (Lipinski definition) is 0. The lowest BCUT2D eigenvalue weighted by Gasteiger charge is -2.13. The van der Waals surface area contributed by atoms with E-state index >= 15 is 0 Å². The first-order chi connectivity index (χ1) is 17.3. The molecular formula is C33H24N2. The summed E-state index contributed by atoms with van der Waals surface area (Å²) in [5, 5.41) is 5.04. The molecule has 0 aliphatic heterocycles. The summed E-state index contributed by atoms with van der Waals surface area (Å²) < 4.78 is 2.44. The van der Waals surface area contributed by atoms with Gasteiger partial charge < -0.3 is 9.55 Å². The van der Waals surface area contributed by atoms with Gasteiger partial charge in [-0.15, -0.1) is 0 Å². The molecule has 0 fully saturated rings. The van der Waals surface area contributed by atoms with Crippen molar-refractivity contribution in [2.45, 2.75) is 6.92 Å². The SMILES string of the molecule is CC=Cc1ccc(-c2cccc3c4ccccc4n(-c4cccc5c4[nH]c4ccccc45)c23)cc1. The van der Waals surface area contributed by atoms with Crippen LogP contribution in [0.5, 0.6) is 0 Å². The van der Waals surface area contributed by atoms with E-state index in [2.05, 4.69) is 138 Å². The second kappa shape index (κ2) is 7.75. The number of H-pyrrole nitrogens is 1. The summed E-state index contributed by atoms with van der Waals surface area (Å²) >= 11 is 0. The molecule has 2 heteroatoms. The molecule has 0 bridgehead atoms. The number of hydrogen-bond donors (Lipinski definition) is 1. The Morgan fingerprint density at radius 1 is 0.629 bits per heavy atom. The molecule has 0 aliphatic rings. The highest BCUT2D eigenvalue weighted by molar-refractivity contribution is 6.16. The van der Waals surface area contributed by atoms with Crippen LogP contribution in [0.1, 0.15) is 12.5 Å². The molecule has 0 atom stereocenters. The fourth-order valence-corrected chi connectivity index (χ4v) is 5.51. The first-order valence-corrected chi connectivity index (χ1v) is 12.1. The Morgan fingerprint density at radius 3 is 2.20 bits per heavy atom. The maximum absolute atomic E-state index is 3.72. The molecule has 0 unspecified atom stereocenters. The van der Waals surface area contributed by atoms with Gasteiger partial charge in [0.05, 0.1) is 22.2 Å². The third-order valence-electron chi connectivity index (χ3n) is 7.04. The van der Waals surface area contributed by atoms with Crippen LogP contribution in [-0.2, 0) is 0 Å². The number of nitrogens with one attached hydrogen (secondary N) is 1. The maximum atomic E-state index is 3.72. The minimum atomic E-state index is 1.16. The van der Waals surface area contributed by atoms with E-state index in [1.165, 1.54) is 55.0 Å². The Balaban J connectivity index is 1.61. The normalized spacial score (nSPS) is 12.0. The van der Waals surface area contributed by atoms with Crippen molar-refractivity contribution in [2.75, 3.05) is 0 Å². The largest absolute Gasteiger partial charge is 0.353 e. The lowest BCUT2D eigenvalue weighted by molar-refractivity contribution is 1.19. The Kier molecular flexibility index (Phi) is 4.40. The molecular weight excluding hydrogens is 424 g/mol. The minimum Gasteiger partial charge on any atom is -0.353 e. The van der Waals surface area contributed by atoms with E-state index in [4.69, 9.17) is 0 Å². The fraction of sp³-hybridized carbons (Fsp3) is 0.0303. The molecule has 2 aromatic heterocycles. The van der Waals surface area contributed by atoms with Crippen LogP contribution in [0.2, 0.25) is 0 Å². The molecule has 2 heterocycles. The summed E-state index contributed by atoms with van der Waals surface area (Å²) in [6, 6.07) is 39.4. The van der Waals surface area contributed by atoms with Gasteiger partial charge in [0, 0.05) is 32.6 Å². The number of aromatic nitrogens is 2. The van der Waals surface area contributed by atoms with Gasteiger partial charge in [0.2, 0.25) is 0 Å². The number of aromatic amines is 1. The zero-order chi connectivity index (χ0) is 23.4. The van der Waals surface area contributed by atoms with E-state index in [1.54, 1.807) is 0 Å². The van der Waals surface area contributed by atoms with Crippen molar-refractivity contribution in [3.8, 4) is 16.8 Å². The van der Waals surface area contributed by atoms with Crippen molar-refractivity contribution in [1.29, 1.82) is 0 Å². The van der Waals surface area contributed by atoms with Gasteiger partial charge in [-0.2, -0.15) is 0 Å². The Bertz CT molecular complexity index is 1900. The molecule has 0 aliphatic carbocycles. The average molecular weight is 449 g/mol. The summed E-state index contributed by atoms with van der Waals surface area (Å²) in [7, 11) is 0. The van der Waals surface area contributed by atoms with Crippen LogP contribution in [0, 0.1) is 0 Å². The van der Waals surface area contributed by atoms with Crippen molar-refractivity contribution in [3.05, 3.63) is 121 Å². The maximum Gasteiger partial charge on any atom is 0.0709 e. The number of benzene rings is 5. The molecule has 1 N–H and O–H groups in total. The molecule has 35 heavy (non-hydrogen) atoms. The van der Waals surface area contributed by atoms with Gasteiger partial charge in [-0.05, 0) is 36.2 Å². The smallest absolute Gasteiger partial charge is 0.0709 e. The van der Waals surface area contributed by atoms with Gasteiger partial charge in [0.25, 0.3) is 0 Å². The predicted molar refractivity (Wildman–Crippen MR) is 150 cm³/mol. The van der Waals surface area contributed by atoms with Crippen LogP contribution in [0.15, 0.2) is 115 Å². The van der Waals surface area contributed by atoms with Crippen LogP contribution in [0.25, 0.3) is 66.5 Å². The number of nitrogens with zero attached hydrogens (tertiary/aromatic N) is 1. The summed E-state index contributed by atoms with van der Waals surface area (Å²) in [5.41, 5.74) is 9.61. The minimum absolute atomic E-state index is 1.16. The van der Waals surface area contributed by atoms with E-state index in [9.17, 15) is 0 Å². The van der Waals surface area contributed by atoms with Crippen LogP contribution in [-0.4, -0.2) is 9.55 Å². The standard InChI is InChI=1S/C33H24N2/c1-2-9-22-18-20-23(21-19-22)24-12-7-14-28-26-11-4-6-16-30(26)35(33(24)28)31-17-8-13-27-25-10-3-5-15-29(25)34-32(27)31/h2-21,34H,1H3. The van der Waals surface area contributed by atoms with E-state index in [0.717, 1.165) is 11.0 Å². The van der Waals surface area contributed by atoms with Gasteiger partial charge in [-0.25, -0.2) is 0 Å². The van der Waals surface area contributed by atoms with Gasteiger partial charge in [0.1, 0.15) is 0 Å². The second-order valence-electron chi connectivity index (χ2n) is 9.05. The van der Waals surface area contributed by atoms with Crippen molar-refractivity contribution in [2.24, 2.45) is 0 Å². The van der Waals surface area contributed by atoms with Gasteiger partial charge in [0.15, 0.2) is 0 Å². The summed E-state index contributed by atoms with van der Waals surface area (Å²) in [5.74, 6) is 0. The molecule has 7 aromatic rings. The lowest BCUT2D eigenvalue weighted by atomic mass is 10.0. The monoisotopic (exact) mass is 448 g/mol. The zero-order valence-corrected chi connectivity index (χ0v) is 19.5. The van der Waals surface area contributed by atoms with Gasteiger partial charge in [-0.3, -0.25) is 0 Å². The van der Waals surface area contributed by atoms with Crippen LogP contribution in [0.4, 0.5) is 0 Å². The van der Waals surface area contributed by atoms with Gasteiger partial charge in [-0.1, -0.05) is 103 Å². The molecule has 0 spiro atoms. The predicted octanol–water partition coefficient (Wildman–Crippen LogP) is 9.12. The Hall–Kier alpha value is -4.56. The average Bonchev–Trinajstić information content (AvgIpc) is 3.45. The van der Waals surface area contributed by atoms with E-state index < -0.39 is 0 Å². The zero-order valence-electron chi connectivity index (χ0n) is 19.5. The Morgan fingerprint density at radius 2 is 1.34 bits per heavy atom. The first kappa shape index (κ1) is 19.9. The van der Waals surface area contributed by atoms with E-state index in [0.29, 0.717) is 0 Å². The molecule has 0 saturated heterocycles. The van der Waals surface area contributed by atoms with Crippen LogP contribution < -0.4 is 0 Å². The van der Waals surface area contributed by atoms with Crippen molar-refractivity contribution in [1.82, 2.24) is 9.55 Å². The first-order valence-electron chi connectivity index (χ1n) is 12.1. The third-order valence-corrected chi connectivity index (χ3v) is 7.04. The summed E-state index contributed by atoms with van der Waals surface area (Å²) in [4.78, 5) is 3.72. The molecule has 0 saturated carbocycles. The van der Waals surface area contributed by atoms with Gasteiger partial charge >= 0.3 is 0 Å². The highest BCUT2D eigenvalue weighted by Crippen LogP contribution is 2.40. The number of para-hydroxylation sites is 4. The Labute approximate surface area is 203 Å². The molecule has 5 aromatic carbocycles. The fourth-order valence-electron chi connectivity index (χ4n) is 5.51. The molecule has 2 nitrogen and oxygen atoms in total. The topological polar surface area (TPSA) is 20.7 Å². The van der Waals surface area contributed by atoms with Crippen molar-refractivity contribution >= 4 is 49.7 Å². The second-order valence-corrected chi connectivity index (χ2v) is 9.05. The lowest BCUT2D eigenvalue weighted by Crippen LogP contribution is -1.96. The quantitative estimate of drug-likeness (QED) is 0.278. The third kappa shape index (κ3) is 2.97. The highest BCUT2D eigenvalue weighted by Gasteiger charge is 2.18. The van der Waals surface area contributed by atoms with Crippen molar-refractivity contribution < 1.29 is 0 Å². The number of fused-ring (bicyclic) bond motifs is 6. The molecule has 0 radical (unpaired) electrons.